The Bertz CT molecular complexity index is 1120. The van der Waals surface area contributed by atoms with Crippen LogP contribution < -0.4 is 0 Å². The van der Waals surface area contributed by atoms with Crippen LogP contribution in [-0.2, 0) is 29.0 Å². The number of hydrogen-bond acceptors (Lipinski definition) is 4. The summed E-state index contributed by atoms with van der Waals surface area (Å²) in [7, 11) is 2.14. The number of carbonyl (C=O) groups excluding carboxylic acids is 1. The molecule has 3 aromatic rings. The van der Waals surface area contributed by atoms with E-state index < -0.39 is 11.9 Å². The number of halogens is 1. The van der Waals surface area contributed by atoms with Crippen LogP contribution in [0.15, 0.2) is 42.6 Å². The van der Waals surface area contributed by atoms with Gasteiger partial charge in [0, 0.05) is 54.9 Å². The van der Waals surface area contributed by atoms with Crippen LogP contribution >= 0.6 is 0 Å². The van der Waals surface area contributed by atoms with E-state index in [0.717, 1.165) is 30.6 Å². The molecule has 1 aliphatic heterocycles. The number of aromatic nitrogens is 2. The average Bonchev–Trinajstić information content (AvgIpc) is 3.00. The Balaban J connectivity index is 1.83. The molecule has 1 aromatic carbocycles. The standard InChI is InChI=1S/C24H26FN3O2/c1-4-30-24(29)12-18(17-6-8-23(25)26-13-17)14-28-21-7-5-16(2)11-19(21)20-15-27(3)10-9-22(20)28/h5-8,11-13H,4,9-10,14-15H2,1-3H3/b18-12-. The Morgan fingerprint density at radius 1 is 1.30 bits per heavy atom. The molecule has 0 N–H and O–H groups in total. The minimum atomic E-state index is -0.545. The number of likely N-dealkylation sites (N-methyl/N-ethyl adjacent to an activating group) is 1. The molecule has 0 spiro atoms. The molecule has 0 aliphatic carbocycles. The molecule has 156 valence electrons. The summed E-state index contributed by atoms with van der Waals surface area (Å²) in [5, 5.41) is 1.25. The van der Waals surface area contributed by atoms with Gasteiger partial charge in [0.05, 0.1) is 6.61 Å². The monoisotopic (exact) mass is 407 g/mol. The van der Waals surface area contributed by atoms with E-state index in [2.05, 4.69) is 46.6 Å². The first kappa shape index (κ1) is 20.3. The lowest BCUT2D eigenvalue weighted by atomic mass is 10.0. The number of rotatable bonds is 5. The minimum Gasteiger partial charge on any atom is -0.463 e. The number of allylic oxidation sites excluding steroid dienone is 1. The summed E-state index contributed by atoms with van der Waals surface area (Å²) in [6.07, 6.45) is 3.91. The van der Waals surface area contributed by atoms with Gasteiger partial charge in [-0.3, -0.25) is 0 Å². The highest BCUT2D eigenvalue weighted by Crippen LogP contribution is 2.33. The maximum Gasteiger partial charge on any atom is 0.331 e. The van der Waals surface area contributed by atoms with E-state index in [-0.39, 0.29) is 0 Å². The van der Waals surface area contributed by atoms with Gasteiger partial charge >= 0.3 is 5.97 Å². The summed E-state index contributed by atoms with van der Waals surface area (Å²) in [5.41, 5.74) is 6.46. The van der Waals surface area contributed by atoms with Crippen LogP contribution in [0.2, 0.25) is 0 Å². The fourth-order valence-electron chi connectivity index (χ4n) is 4.16. The van der Waals surface area contributed by atoms with Crippen LogP contribution in [0.3, 0.4) is 0 Å². The van der Waals surface area contributed by atoms with E-state index in [1.165, 1.54) is 40.5 Å². The summed E-state index contributed by atoms with van der Waals surface area (Å²) < 4.78 is 20.8. The fraction of sp³-hybridized carbons (Fsp3) is 0.333. The molecule has 5 nitrogen and oxygen atoms in total. The first-order chi connectivity index (χ1) is 14.5. The zero-order valence-electron chi connectivity index (χ0n) is 17.6. The van der Waals surface area contributed by atoms with Crippen molar-refractivity contribution in [3.63, 3.8) is 0 Å². The normalized spacial score (nSPS) is 14.7. The summed E-state index contributed by atoms with van der Waals surface area (Å²) in [6.45, 7) is 6.56. The maximum atomic E-state index is 13.4. The molecule has 0 unspecified atom stereocenters. The lowest BCUT2D eigenvalue weighted by molar-refractivity contribution is -0.137. The molecule has 0 amide bonds. The van der Waals surface area contributed by atoms with Crippen molar-refractivity contribution in [3.05, 3.63) is 70.9 Å². The lowest BCUT2D eigenvalue weighted by Gasteiger charge is -2.24. The van der Waals surface area contributed by atoms with Crippen LogP contribution in [-0.4, -0.2) is 40.6 Å². The van der Waals surface area contributed by atoms with Gasteiger partial charge in [-0.1, -0.05) is 11.6 Å². The van der Waals surface area contributed by atoms with Crippen molar-refractivity contribution in [2.24, 2.45) is 0 Å². The number of benzene rings is 1. The molecule has 6 heteroatoms. The SMILES string of the molecule is CCOC(=O)/C=C(/Cn1c2c(c3cc(C)ccc31)CN(C)CC2)c1ccc(F)nc1. The number of pyridine rings is 1. The number of fused-ring (bicyclic) bond motifs is 3. The number of nitrogens with zero attached hydrogens (tertiary/aromatic N) is 3. The van der Waals surface area contributed by atoms with Crippen molar-refractivity contribution in [2.45, 2.75) is 33.4 Å². The molecule has 0 radical (unpaired) electrons. The quantitative estimate of drug-likeness (QED) is 0.363. The van der Waals surface area contributed by atoms with Gasteiger partial charge in [-0.05, 0) is 61.9 Å². The molecule has 0 saturated carbocycles. The molecule has 0 fully saturated rings. The smallest absolute Gasteiger partial charge is 0.331 e. The van der Waals surface area contributed by atoms with Crippen molar-refractivity contribution in [2.75, 3.05) is 20.2 Å². The minimum absolute atomic E-state index is 0.303. The Hall–Kier alpha value is -2.99. The predicted octanol–water partition coefficient (Wildman–Crippen LogP) is 4.12. The van der Waals surface area contributed by atoms with Crippen LogP contribution in [0.4, 0.5) is 4.39 Å². The van der Waals surface area contributed by atoms with Crippen molar-refractivity contribution in [1.82, 2.24) is 14.5 Å². The van der Waals surface area contributed by atoms with Gasteiger partial charge in [0.25, 0.3) is 0 Å². The van der Waals surface area contributed by atoms with E-state index in [9.17, 15) is 9.18 Å². The number of ether oxygens (including phenoxy) is 1. The second-order valence-electron chi connectivity index (χ2n) is 7.81. The van der Waals surface area contributed by atoms with E-state index >= 15 is 0 Å². The summed E-state index contributed by atoms with van der Waals surface area (Å²) >= 11 is 0. The molecular formula is C24H26FN3O2. The third-order valence-corrected chi connectivity index (χ3v) is 5.61. The van der Waals surface area contributed by atoms with Crippen LogP contribution in [0.25, 0.3) is 16.5 Å². The molecular weight excluding hydrogens is 381 g/mol. The number of hydrogen-bond donors (Lipinski definition) is 0. The zero-order valence-corrected chi connectivity index (χ0v) is 17.6. The van der Waals surface area contributed by atoms with E-state index in [1.54, 1.807) is 13.0 Å². The summed E-state index contributed by atoms with van der Waals surface area (Å²) in [4.78, 5) is 18.4. The van der Waals surface area contributed by atoms with Gasteiger partial charge < -0.3 is 14.2 Å². The average molecular weight is 407 g/mol. The Morgan fingerprint density at radius 3 is 2.87 bits per heavy atom. The Morgan fingerprint density at radius 2 is 2.13 bits per heavy atom. The van der Waals surface area contributed by atoms with Crippen molar-refractivity contribution >= 4 is 22.4 Å². The number of carbonyl (C=O) groups is 1. The fourth-order valence-corrected chi connectivity index (χ4v) is 4.16. The molecule has 1 aliphatic rings. The molecule has 0 bridgehead atoms. The largest absolute Gasteiger partial charge is 0.463 e. The first-order valence-corrected chi connectivity index (χ1v) is 10.2. The predicted molar refractivity (Wildman–Crippen MR) is 116 cm³/mol. The maximum absolute atomic E-state index is 13.4. The van der Waals surface area contributed by atoms with Crippen LogP contribution in [0.1, 0.15) is 29.3 Å². The van der Waals surface area contributed by atoms with Gasteiger partial charge in [0.1, 0.15) is 0 Å². The van der Waals surface area contributed by atoms with Crippen LogP contribution in [0, 0.1) is 12.9 Å². The van der Waals surface area contributed by atoms with Gasteiger partial charge in [-0.15, -0.1) is 0 Å². The van der Waals surface area contributed by atoms with Crippen molar-refractivity contribution in [3.8, 4) is 0 Å². The summed E-state index contributed by atoms with van der Waals surface area (Å²) in [6, 6.07) is 9.47. The molecule has 0 saturated heterocycles. The van der Waals surface area contributed by atoms with E-state index in [0.29, 0.717) is 18.7 Å². The van der Waals surface area contributed by atoms with Gasteiger partial charge in [-0.25, -0.2) is 9.78 Å². The Kier molecular flexibility index (Phi) is 5.68. The topological polar surface area (TPSA) is 47.4 Å². The van der Waals surface area contributed by atoms with Gasteiger partial charge in [0.15, 0.2) is 0 Å². The second-order valence-corrected chi connectivity index (χ2v) is 7.81. The molecule has 4 rings (SSSR count). The first-order valence-electron chi connectivity index (χ1n) is 10.2. The highest BCUT2D eigenvalue weighted by atomic mass is 19.1. The zero-order chi connectivity index (χ0) is 21.3. The third-order valence-electron chi connectivity index (χ3n) is 5.61. The molecule has 30 heavy (non-hydrogen) atoms. The van der Waals surface area contributed by atoms with Gasteiger partial charge in [0.2, 0.25) is 5.95 Å². The highest BCUT2D eigenvalue weighted by molar-refractivity contribution is 5.92. The van der Waals surface area contributed by atoms with E-state index in [1.807, 2.05) is 0 Å². The molecule has 2 aromatic heterocycles. The lowest BCUT2D eigenvalue weighted by Crippen LogP contribution is -2.27. The number of aryl methyl sites for hydroxylation is 1. The molecule has 3 heterocycles. The van der Waals surface area contributed by atoms with Crippen molar-refractivity contribution < 1.29 is 13.9 Å². The number of esters is 1. The Labute approximate surface area is 175 Å². The van der Waals surface area contributed by atoms with Crippen molar-refractivity contribution in [1.29, 1.82) is 0 Å². The molecule has 0 atom stereocenters. The third kappa shape index (κ3) is 4.00. The second kappa shape index (κ2) is 8.40. The van der Waals surface area contributed by atoms with Gasteiger partial charge in [-0.2, -0.15) is 4.39 Å². The van der Waals surface area contributed by atoms with E-state index in [4.69, 9.17) is 4.74 Å². The van der Waals surface area contributed by atoms with Crippen LogP contribution in [0.5, 0.6) is 0 Å². The summed E-state index contributed by atoms with van der Waals surface area (Å²) in [5.74, 6) is -0.950. The highest BCUT2D eigenvalue weighted by Gasteiger charge is 2.23.